The average molecular weight is 162 g/mol. The predicted molar refractivity (Wildman–Crippen MR) is 43.4 cm³/mol. The van der Waals surface area contributed by atoms with Crippen molar-refractivity contribution in [2.24, 2.45) is 0 Å². The molecule has 11 heavy (non-hydrogen) atoms. The van der Waals surface area contributed by atoms with Gasteiger partial charge in [0.1, 0.15) is 0 Å². The topological polar surface area (TPSA) is 49.7 Å². The molecule has 0 aliphatic heterocycles. The second-order valence-electron chi connectivity index (χ2n) is 2.65. The van der Waals surface area contributed by atoms with Crippen molar-refractivity contribution in [1.29, 1.82) is 0 Å². The predicted octanol–water partition coefficient (Wildman–Crippen LogP) is 0.546. The van der Waals surface area contributed by atoms with Crippen molar-refractivity contribution in [3.05, 3.63) is 0 Å². The summed E-state index contributed by atoms with van der Waals surface area (Å²) in [6.45, 7) is 0.831. The van der Waals surface area contributed by atoms with Gasteiger partial charge in [-0.05, 0) is 25.7 Å². The van der Waals surface area contributed by atoms with Gasteiger partial charge in [-0.25, -0.2) is 0 Å². The molecule has 1 unspecified atom stereocenters. The molecule has 0 amide bonds. The van der Waals surface area contributed by atoms with E-state index in [9.17, 15) is 5.11 Å². The Morgan fingerprint density at radius 1 is 1.27 bits per heavy atom. The molecule has 0 aliphatic rings. The molecule has 68 valence electrons. The highest BCUT2D eigenvalue weighted by Gasteiger charge is 2.01. The second-order valence-corrected chi connectivity index (χ2v) is 2.65. The summed E-state index contributed by atoms with van der Waals surface area (Å²) < 4.78 is 4.81. The lowest BCUT2D eigenvalue weighted by Gasteiger charge is -2.08. The van der Waals surface area contributed by atoms with Crippen molar-refractivity contribution in [2.45, 2.75) is 31.8 Å². The van der Waals surface area contributed by atoms with Gasteiger partial charge in [0, 0.05) is 20.3 Å². The van der Waals surface area contributed by atoms with E-state index in [2.05, 4.69) is 0 Å². The van der Waals surface area contributed by atoms with Crippen LogP contribution in [-0.4, -0.2) is 36.6 Å². The number of aliphatic hydroxyl groups is 2. The first kappa shape index (κ1) is 10.9. The lowest BCUT2D eigenvalue weighted by molar-refractivity contribution is 0.101. The van der Waals surface area contributed by atoms with Gasteiger partial charge in [0.15, 0.2) is 0 Å². The minimum atomic E-state index is -0.263. The van der Waals surface area contributed by atoms with E-state index < -0.39 is 0 Å². The number of aliphatic hydroxyl groups excluding tert-OH is 2. The summed E-state index contributed by atoms with van der Waals surface area (Å²) in [5.41, 5.74) is 0. The third-order valence-corrected chi connectivity index (χ3v) is 1.60. The Hall–Kier alpha value is -0.120. The highest BCUT2D eigenvalue weighted by molar-refractivity contribution is 4.54. The van der Waals surface area contributed by atoms with Crippen molar-refractivity contribution in [2.75, 3.05) is 20.3 Å². The van der Waals surface area contributed by atoms with E-state index in [0.717, 1.165) is 19.3 Å². The molecule has 0 bridgehead atoms. The van der Waals surface area contributed by atoms with Crippen molar-refractivity contribution >= 4 is 0 Å². The number of unbranched alkanes of at least 4 members (excludes halogenated alkanes) is 1. The zero-order chi connectivity index (χ0) is 8.53. The van der Waals surface area contributed by atoms with Crippen molar-refractivity contribution in [3.63, 3.8) is 0 Å². The summed E-state index contributed by atoms with van der Waals surface area (Å²) in [7, 11) is 1.63. The van der Waals surface area contributed by atoms with Crippen LogP contribution in [0.4, 0.5) is 0 Å². The first-order chi connectivity index (χ1) is 5.31. The maximum Gasteiger partial charge on any atom is 0.0562 e. The van der Waals surface area contributed by atoms with Gasteiger partial charge in [-0.1, -0.05) is 0 Å². The highest BCUT2D eigenvalue weighted by atomic mass is 16.5. The molecule has 0 aromatic carbocycles. The number of rotatable bonds is 7. The minimum Gasteiger partial charge on any atom is -0.396 e. The molecule has 0 saturated heterocycles. The van der Waals surface area contributed by atoms with Crippen LogP contribution < -0.4 is 0 Å². The SMILES string of the molecule is COCCC(O)CCCCO. The standard InChI is InChI=1S/C8H18O3/c1-11-7-5-8(10)4-2-3-6-9/h8-10H,2-7H2,1H3. The Kier molecular flexibility index (Phi) is 7.89. The first-order valence-corrected chi connectivity index (χ1v) is 4.09. The quantitative estimate of drug-likeness (QED) is 0.537. The summed E-state index contributed by atoms with van der Waals surface area (Å²) in [4.78, 5) is 0. The van der Waals surface area contributed by atoms with Crippen molar-refractivity contribution < 1.29 is 14.9 Å². The van der Waals surface area contributed by atoms with Gasteiger partial charge < -0.3 is 14.9 Å². The maximum absolute atomic E-state index is 9.25. The van der Waals surface area contributed by atoms with Crippen LogP contribution in [0.2, 0.25) is 0 Å². The largest absolute Gasteiger partial charge is 0.396 e. The Morgan fingerprint density at radius 2 is 2.00 bits per heavy atom. The van der Waals surface area contributed by atoms with Crippen LogP contribution in [0.3, 0.4) is 0 Å². The summed E-state index contributed by atoms with van der Waals surface area (Å²) in [5.74, 6) is 0. The van der Waals surface area contributed by atoms with Gasteiger partial charge >= 0.3 is 0 Å². The first-order valence-electron chi connectivity index (χ1n) is 4.09. The molecule has 0 heterocycles. The monoisotopic (exact) mass is 162 g/mol. The summed E-state index contributed by atoms with van der Waals surface area (Å²) in [5, 5.41) is 17.7. The van der Waals surface area contributed by atoms with E-state index in [1.165, 1.54) is 0 Å². The van der Waals surface area contributed by atoms with Gasteiger partial charge in [-0.2, -0.15) is 0 Å². The number of hydrogen-bond donors (Lipinski definition) is 2. The van der Waals surface area contributed by atoms with Gasteiger partial charge in [-0.15, -0.1) is 0 Å². The molecule has 3 heteroatoms. The Balaban J connectivity index is 3.02. The second kappa shape index (κ2) is 7.98. The third-order valence-electron chi connectivity index (χ3n) is 1.60. The summed E-state index contributed by atoms with van der Waals surface area (Å²) in [6, 6.07) is 0. The minimum absolute atomic E-state index is 0.219. The van der Waals surface area contributed by atoms with Crippen LogP contribution in [0.15, 0.2) is 0 Å². The molecule has 0 rings (SSSR count). The van der Waals surface area contributed by atoms with E-state index >= 15 is 0 Å². The fraction of sp³-hybridized carbons (Fsp3) is 1.00. The number of ether oxygens (including phenoxy) is 1. The van der Waals surface area contributed by atoms with Crippen molar-refractivity contribution in [1.82, 2.24) is 0 Å². The molecule has 0 saturated carbocycles. The highest BCUT2D eigenvalue weighted by Crippen LogP contribution is 2.03. The summed E-state index contributed by atoms with van der Waals surface area (Å²) in [6.07, 6.45) is 2.87. The smallest absolute Gasteiger partial charge is 0.0562 e. The number of hydrogen-bond acceptors (Lipinski definition) is 3. The van der Waals surface area contributed by atoms with Crippen LogP contribution in [-0.2, 0) is 4.74 Å². The van der Waals surface area contributed by atoms with E-state index in [1.54, 1.807) is 7.11 Å². The lowest BCUT2D eigenvalue weighted by atomic mass is 10.1. The molecule has 0 fully saturated rings. The van der Waals surface area contributed by atoms with Crippen LogP contribution in [0, 0.1) is 0 Å². The van der Waals surface area contributed by atoms with E-state index in [-0.39, 0.29) is 12.7 Å². The van der Waals surface area contributed by atoms with Gasteiger partial charge in [0.05, 0.1) is 6.10 Å². The third kappa shape index (κ3) is 7.78. The normalized spacial score (nSPS) is 13.4. The molecule has 0 radical (unpaired) electrons. The summed E-state index contributed by atoms with van der Waals surface area (Å²) >= 11 is 0. The van der Waals surface area contributed by atoms with Gasteiger partial charge in [0.2, 0.25) is 0 Å². The lowest BCUT2D eigenvalue weighted by Crippen LogP contribution is -2.09. The van der Waals surface area contributed by atoms with Crippen LogP contribution in [0.1, 0.15) is 25.7 Å². The zero-order valence-corrected chi connectivity index (χ0v) is 7.12. The Morgan fingerprint density at radius 3 is 2.55 bits per heavy atom. The van der Waals surface area contributed by atoms with Crippen LogP contribution in [0.5, 0.6) is 0 Å². The van der Waals surface area contributed by atoms with E-state index in [1.807, 2.05) is 0 Å². The van der Waals surface area contributed by atoms with Crippen LogP contribution >= 0.6 is 0 Å². The Bertz CT molecular complexity index is 75.7. The van der Waals surface area contributed by atoms with Crippen LogP contribution in [0.25, 0.3) is 0 Å². The van der Waals surface area contributed by atoms with E-state index in [0.29, 0.717) is 13.0 Å². The zero-order valence-electron chi connectivity index (χ0n) is 7.12. The molecule has 2 N–H and O–H groups in total. The average Bonchev–Trinajstić information content (AvgIpc) is 2.01. The Labute approximate surface area is 68.0 Å². The van der Waals surface area contributed by atoms with E-state index in [4.69, 9.17) is 9.84 Å². The van der Waals surface area contributed by atoms with Gasteiger partial charge in [0.25, 0.3) is 0 Å². The maximum atomic E-state index is 9.25. The molecular weight excluding hydrogens is 144 g/mol. The molecular formula is C8H18O3. The molecule has 3 nitrogen and oxygen atoms in total. The molecule has 0 aromatic heterocycles. The van der Waals surface area contributed by atoms with Crippen molar-refractivity contribution in [3.8, 4) is 0 Å². The molecule has 0 aliphatic carbocycles. The molecule has 0 aromatic rings. The molecule has 0 spiro atoms. The fourth-order valence-corrected chi connectivity index (χ4v) is 0.890. The number of methoxy groups -OCH3 is 1. The molecule has 1 atom stereocenters. The fourth-order valence-electron chi connectivity index (χ4n) is 0.890. The van der Waals surface area contributed by atoms with Gasteiger partial charge in [-0.3, -0.25) is 0 Å².